The Bertz CT molecular complexity index is 713. The molecule has 3 rings (SSSR count). The Labute approximate surface area is 123 Å². The van der Waals surface area contributed by atoms with Gasteiger partial charge in [0.25, 0.3) is 0 Å². The number of anilines is 1. The van der Waals surface area contributed by atoms with Crippen molar-refractivity contribution in [3.05, 3.63) is 60.2 Å². The molecule has 0 aliphatic rings. The van der Waals surface area contributed by atoms with Crippen molar-refractivity contribution in [2.45, 2.75) is 13.5 Å². The van der Waals surface area contributed by atoms with Gasteiger partial charge in [-0.2, -0.15) is 0 Å². The molecule has 0 bridgehead atoms. The summed E-state index contributed by atoms with van der Waals surface area (Å²) >= 11 is 0. The van der Waals surface area contributed by atoms with Gasteiger partial charge < -0.3 is 9.88 Å². The number of aromatic nitrogens is 4. The van der Waals surface area contributed by atoms with Gasteiger partial charge in [0.1, 0.15) is 6.33 Å². The van der Waals surface area contributed by atoms with E-state index in [1.807, 2.05) is 55.1 Å². The number of rotatable bonds is 4. The number of hydrogen-bond acceptors (Lipinski definition) is 4. The molecule has 5 nitrogen and oxygen atoms in total. The molecule has 3 aromatic rings. The van der Waals surface area contributed by atoms with Crippen LogP contribution < -0.4 is 5.32 Å². The van der Waals surface area contributed by atoms with E-state index in [2.05, 4.69) is 26.6 Å². The zero-order valence-corrected chi connectivity index (χ0v) is 12.1. The first kappa shape index (κ1) is 13.3. The predicted molar refractivity (Wildman–Crippen MR) is 82.7 cm³/mol. The highest BCUT2D eigenvalue weighted by molar-refractivity contribution is 5.59. The van der Waals surface area contributed by atoms with Crippen molar-refractivity contribution in [1.82, 2.24) is 19.7 Å². The van der Waals surface area contributed by atoms with Crippen LogP contribution in [0.1, 0.15) is 11.3 Å². The van der Waals surface area contributed by atoms with Gasteiger partial charge in [-0.05, 0) is 42.8 Å². The summed E-state index contributed by atoms with van der Waals surface area (Å²) in [5.41, 5.74) is 4.31. The molecule has 2 heterocycles. The van der Waals surface area contributed by atoms with Crippen molar-refractivity contribution < 1.29 is 0 Å². The molecule has 0 aliphatic heterocycles. The molecule has 0 amide bonds. The molecule has 0 saturated carbocycles. The highest BCUT2D eigenvalue weighted by atomic mass is 15.2. The van der Waals surface area contributed by atoms with Crippen LogP contribution >= 0.6 is 0 Å². The largest absolute Gasteiger partial charge is 0.379 e. The van der Waals surface area contributed by atoms with Gasteiger partial charge in [0.15, 0.2) is 5.82 Å². The maximum absolute atomic E-state index is 4.38. The molecule has 21 heavy (non-hydrogen) atoms. The van der Waals surface area contributed by atoms with Crippen LogP contribution in [0.2, 0.25) is 0 Å². The second-order valence-corrected chi connectivity index (χ2v) is 5.02. The molecule has 0 radical (unpaired) electrons. The second kappa shape index (κ2) is 5.75. The van der Waals surface area contributed by atoms with Crippen molar-refractivity contribution in [3.8, 4) is 11.4 Å². The summed E-state index contributed by atoms with van der Waals surface area (Å²) in [6.45, 7) is 2.75. The zero-order chi connectivity index (χ0) is 14.7. The minimum atomic E-state index is 0.712. The van der Waals surface area contributed by atoms with Gasteiger partial charge >= 0.3 is 0 Å². The Hall–Kier alpha value is -2.69. The fraction of sp³-hybridized carbons (Fsp3) is 0.188. The van der Waals surface area contributed by atoms with Gasteiger partial charge in [-0.15, -0.1) is 10.2 Å². The van der Waals surface area contributed by atoms with E-state index in [0.29, 0.717) is 6.54 Å². The topological polar surface area (TPSA) is 55.6 Å². The molecule has 2 aromatic heterocycles. The molecule has 0 saturated heterocycles. The van der Waals surface area contributed by atoms with Crippen molar-refractivity contribution >= 4 is 5.69 Å². The van der Waals surface area contributed by atoms with E-state index >= 15 is 0 Å². The number of hydrogen-bond donors (Lipinski definition) is 1. The molecule has 1 N–H and O–H groups in total. The highest BCUT2D eigenvalue weighted by Crippen LogP contribution is 2.18. The fourth-order valence-corrected chi connectivity index (χ4v) is 2.08. The van der Waals surface area contributed by atoms with Crippen LogP contribution in [0.3, 0.4) is 0 Å². The first-order valence-electron chi connectivity index (χ1n) is 6.82. The van der Waals surface area contributed by atoms with Crippen LogP contribution in [0.15, 0.2) is 48.9 Å². The summed E-state index contributed by atoms with van der Waals surface area (Å²) in [5, 5.41) is 11.4. The molecule has 1 aromatic carbocycles. The van der Waals surface area contributed by atoms with Gasteiger partial charge in [-0.3, -0.25) is 4.98 Å². The standard InChI is InChI=1S/C16H17N5/c1-12-3-6-15(17-9-12)10-18-14-7-4-13(5-8-14)16-20-19-11-21(16)2/h3-9,11,18H,10H2,1-2H3. The Kier molecular flexibility index (Phi) is 3.64. The number of aryl methyl sites for hydroxylation is 2. The quantitative estimate of drug-likeness (QED) is 0.798. The molecule has 0 aliphatic carbocycles. The van der Waals surface area contributed by atoms with Gasteiger partial charge in [0.2, 0.25) is 0 Å². The Balaban J connectivity index is 1.67. The smallest absolute Gasteiger partial charge is 0.163 e. The average molecular weight is 279 g/mol. The highest BCUT2D eigenvalue weighted by Gasteiger charge is 2.04. The number of nitrogens with zero attached hydrogens (tertiary/aromatic N) is 4. The maximum Gasteiger partial charge on any atom is 0.163 e. The lowest BCUT2D eigenvalue weighted by atomic mass is 10.2. The van der Waals surface area contributed by atoms with E-state index in [1.54, 1.807) is 6.33 Å². The van der Waals surface area contributed by atoms with E-state index < -0.39 is 0 Å². The second-order valence-electron chi connectivity index (χ2n) is 5.02. The molecular formula is C16H17N5. The van der Waals surface area contributed by atoms with E-state index in [-0.39, 0.29) is 0 Å². The molecular weight excluding hydrogens is 262 g/mol. The molecule has 0 atom stereocenters. The van der Waals surface area contributed by atoms with Crippen LogP contribution in [0.5, 0.6) is 0 Å². The lowest BCUT2D eigenvalue weighted by Crippen LogP contribution is -2.01. The van der Waals surface area contributed by atoms with Crippen LogP contribution in [-0.4, -0.2) is 19.7 Å². The van der Waals surface area contributed by atoms with Gasteiger partial charge in [-0.25, -0.2) is 0 Å². The fourth-order valence-electron chi connectivity index (χ4n) is 2.08. The lowest BCUT2D eigenvalue weighted by Gasteiger charge is -2.07. The molecule has 0 spiro atoms. The normalized spacial score (nSPS) is 10.6. The first-order valence-corrected chi connectivity index (χ1v) is 6.82. The molecule has 0 fully saturated rings. The number of benzene rings is 1. The van der Waals surface area contributed by atoms with Crippen molar-refractivity contribution in [1.29, 1.82) is 0 Å². The summed E-state index contributed by atoms with van der Waals surface area (Å²) in [4.78, 5) is 4.38. The third-order valence-electron chi connectivity index (χ3n) is 3.30. The first-order chi connectivity index (χ1) is 10.2. The van der Waals surface area contributed by atoms with E-state index in [0.717, 1.165) is 22.8 Å². The Morgan fingerprint density at radius 1 is 1.10 bits per heavy atom. The van der Waals surface area contributed by atoms with Crippen LogP contribution in [0.4, 0.5) is 5.69 Å². The molecule has 0 unspecified atom stereocenters. The Morgan fingerprint density at radius 3 is 2.52 bits per heavy atom. The summed E-state index contributed by atoms with van der Waals surface area (Å²) in [5.74, 6) is 0.863. The van der Waals surface area contributed by atoms with E-state index in [9.17, 15) is 0 Å². The zero-order valence-electron chi connectivity index (χ0n) is 12.1. The summed E-state index contributed by atoms with van der Waals surface area (Å²) in [6, 6.07) is 12.3. The van der Waals surface area contributed by atoms with Crippen molar-refractivity contribution in [2.24, 2.45) is 7.05 Å². The van der Waals surface area contributed by atoms with E-state index in [1.165, 1.54) is 5.56 Å². The number of pyridine rings is 1. The van der Waals surface area contributed by atoms with E-state index in [4.69, 9.17) is 0 Å². The third-order valence-corrected chi connectivity index (χ3v) is 3.30. The summed E-state index contributed by atoms with van der Waals surface area (Å²) in [6.07, 6.45) is 3.58. The monoisotopic (exact) mass is 279 g/mol. The van der Waals surface area contributed by atoms with Gasteiger partial charge in [0.05, 0.1) is 12.2 Å². The van der Waals surface area contributed by atoms with Crippen LogP contribution in [0.25, 0.3) is 11.4 Å². The predicted octanol–water partition coefficient (Wildman–Crippen LogP) is 2.80. The van der Waals surface area contributed by atoms with Crippen molar-refractivity contribution in [2.75, 3.05) is 5.32 Å². The average Bonchev–Trinajstić information content (AvgIpc) is 2.93. The summed E-state index contributed by atoms with van der Waals surface area (Å²) < 4.78 is 1.90. The molecule has 106 valence electrons. The third kappa shape index (κ3) is 3.08. The van der Waals surface area contributed by atoms with Gasteiger partial charge in [0, 0.05) is 24.5 Å². The lowest BCUT2D eigenvalue weighted by molar-refractivity contribution is 0.920. The van der Waals surface area contributed by atoms with Gasteiger partial charge in [-0.1, -0.05) is 6.07 Å². The van der Waals surface area contributed by atoms with Crippen LogP contribution in [0, 0.1) is 6.92 Å². The SMILES string of the molecule is Cc1ccc(CNc2ccc(-c3nncn3C)cc2)nc1. The maximum atomic E-state index is 4.38. The Morgan fingerprint density at radius 2 is 1.90 bits per heavy atom. The number of nitrogens with one attached hydrogen (secondary N) is 1. The van der Waals surface area contributed by atoms with Crippen molar-refractivity contribution in [3.63, 3.8) is 0 Å². The minimum absolute atomic E-state index is 0.712. The minimum Gasteiger partial charge on any atom is -0.379 e. The molecule has 5 heteroatoms. The summed E-state index contributed by atoms with van der Waals surface area (Å²) in [7, 11) is 1.94. The van der Waals surface area contributed by atoms with Crippen LogP contribution in [-0.2, 0) is 13.6 Å².